The summed E-state index contributed by atoms with van der Waals surface area (Å²) in [5.74, 6) is -0.437. The van der Waals surface area contributed by atoms with Crippen LogP contribution in [0.3, 0.4) is 0 Å². The molecule has 9 heteroatoms. The first-order chi connectivity index (χ1) is 11.6. The molecule has 1 aliphatic rings. The first kappa shape index (κ1) is 19.2. The highest BCUT2D eigenvalue weighted by atomic mass is 32.2. The van der Waals surface area contributed by atoms with E-state index in [2.05, 4.69) is 10.0 Å². The Morgan fingerprint density at radius 1 is 1.44 bits per heavy atom. The zero-order valence-corrected chi connectivity index (χ0v) is 16.1. The monoisotopic (exact) mass is 383 g/mol. The van der Waals surface area contributed by atoms with Gasteiger partial charge >= 0.3 is 5.97 Å². The molecular weight excluding hydrogens is 362 g/mol. The fourth-order valence-electron chi connectivity index (χ4n) is 2.55. The number of hydrogen-bond acceptors (Lipinski definition) is 5. The molecule has 0 aromatic heterocycles. The van der Waals surface area contributed by atoms with Crippen molar-refractivity contribution in [1.29, 1.82) is 0 Å². The molecule has 0 saturated heterocycles. The highest BCUT2D eigenvalue weighted by molar-refractivity contribution is 7.92. The molecule has 0 amide bonds. The zero-order chi connectivity index (χ0) is 18.8. The van der Waals surface area contributed by atoms with Crippen LogP contribution in [0.1, 0.15) is 25.5 Å². The Kier molecular flexibility index (Phi) is 5.69. The minimum Gasteiger partial charge on any atom is -0.463 e. The number of carbonyl (C=O) groups excluding carboxylic acids is 1. The minimum atomic E-state index is -3.40. The fourth-order valence-corrected chi connectivity index (χ4v) is 3.36. The summed E-state index contributed by atoms with van der Waals surface area (Å²) in [7, 11) is -1.64. The fraction of sp³-hybridized carbons (Fsp3) is 0.375. The maximum absolute atomic E-state index is 12.5. The van der Waals surface area contributed by atoms with Crippen molar-refractivity contribution in [2.45, 2.75) is 19.9 Å². The van der Waals surface area contributed by atoms with Crippen molar-refractivity contribution in [2.24, 2.45) is 0 Å². The van der Waals surface area contributed by atoms with Gasteiger partial charge in [-0.3, -0.25) is 4.72 Å². The summed E-state index contributed by atoms with van der Waals surface area (Å²) in [5, 5.41) is 3.58. The molecule has 1 aromatic carbocycles. The van der Waals surface area contributed by atoms with E-state index in [1.807, 2.05) is 0 Å². The van der Waals surface area contributed by atoms with E-state index in [4.69, 9.17) is 17.0 Å². The molecule has 0 radical (unpaired) electrons. The topological polar surface area (TPSA) is 87.7 Å². The van der Waals surface area contributed by atoms with Gasteiger partial charge in [-0.25, -0.2) is 13.2 Å². The van der Waals surface area contributed by atoms with Crippen LogP contribution < -0.4 is 10.0 Å². The van der Waals surface area contributed by atoms with Crippen molar-refractivity contribution in [2.75, 3.05) is 24.6 Å². The van der Waals surface area contributed by atoms with Gasteiger partial charge < -0.3 is 15.0 Å². The van der Waals surface area contributed by atoms with Crippen LogP contribution in [0.2, 0.25) is 0 Å². The standard InChI is InChI=1S/C16H21N3O4S2/c1-5-23-15(20)13-10(2)19(3)16(24)17-14(13)11-7-6-8-12(9-11)18-25(4,21)22/h6-9,14,18H,5H2,1-4H3,(H,17,24). The molecule has 1 heterocycles. The van der Waals surface area contributed by atoms with E-state index in [-0.39, 0.29) is 6.61 Å². The smallest absolute Gasteiger partial charge is 0.338 e. The molecule has 1 aliphatic heterocycles. The number of nitrogens with one attached hydrogen (secondary N) is 2. The number of carbonyl (C=O) groups is 1. The molecule has 1 unspecified atom stereocenters. The lowest BCUT2D eigenvalue weighted by Gasteiger charge is -2.35. The second-order valence-electron chi connectivity index (χ2n) is 5.66. The van der Waals surface area contributed by atoms with Crippen molar-refractivity contribution in [3.05, 3.63) is 41.1 Å². The number of anilines is 1. The van der Waals surface area contributed by atoms with Gasteiger partial charge in [0.2, 0.25) is 10.0 Å². The van der Waals surface area contributed by atoms with Crippen molar-refractivity contribution in [3.63, 3.8) is 0 Å². The summed E-state index contributed by atoms with van der Waals surface area (Å²) >= 11 is 5.32. The van der Waals surface area contributed by atoms with Crippen LogP contribution in [-0.4, -0.2) is 44.3 Å². The molecule has 7 nitrogen and oxygen atoms in total. The van der Waals surface area contributed by atoms with Gasteiger partial charge in [-0.05, 0) is 43.8 Å². The van der Waals surface area contributed by atoms with Gasteiger partial charge in [-0.1, -0.05) is 12.1 Å². The Labute approximate surface area is 153 Å². The molecule has 1 atom stereocenters. The van der Waals surface area contributed by atoms with E-state index in [1.165, 1.54) is 0 Å². The normalized spacial score (nSPS) is 18.0. The molecular formula is C16H21N3O4S2. The molecule has 0 spiro atoms. The van der Waals surface area contributed by atoms with Gasteiger partial charge in [0, 0.05) is 18.4 Å². The van der Waals surface area contributed by atoms with E-state index in [9.17, 15) is 13.2 Å². The molecule has 0 saturated carbocycles. The summed E-state index contributed by atoms with van der Waals surface area (Å²) in [5.41, 5.74) is 2.24. The van der Waals surface area contributed by atoms with Gasteiger partial charge in [-0.2, -0.15) is 0 Å². The molecule has 1 aromatic rings. The van der Waals surface area contributed by atoms with Gasteiger partial charge in [0.05, 0.1) is 24.5 Å². The van der Waals surface area contributed by atoms with E-state index >= 15 is 0 Å². The molecule has 0 aliphatic carbocycles. The molecule has 0 bridgehead atoms. The summed E-state index contributed by atoms with van der Waals surface area (Å²) in [6.45, 7) is 3.79. The van der Waals surface area contributed by atoms with Crippen LogP contribution in [-0.2, 0) is 19.6 Å². The number of nitrogens with zero attached hydrogens (tertiary/aromatic N) is 1. The lowest BCUT2D eigenvalue weighted by Crippen LogP contribution is -2.46. The predicted molar refractivity (Wildman–Crippen MR) is 100 cm³/mol. The van der Waals surface area contributed by atoms with Gasteiger partial charge in [-0.15, -0.1) is 0 Å². The molecule has 25 heavy (non-hydrogen) atoms. The Bertz CT molecular complexity index is 834. The first-order valence-electron chi connectivity index (χ1n) is 7.64. The zero-order valence-electron chi connectivity index (χ0n) is 14.5. The molecule has 136 valence electrons. The Hall–Kier alpha value is -2.13. The van der Waals surface area contributed by atoms with Crippen molar-refractivity contribution in [1.82, 2.24) is 10.2 Å². The maximum Gasteiger partial charge on any atom is 0.338 e. The third-order valence-electron chi connectivity index (χ3n) is 3.77. The van der Waals surface area contributed by atoms with E-state index in [0.29, 0.717) is 27.6 Å². The number of hydrogen-bond donors (Lipinski definition) is 2. The number of allylic oxidation sites excluding steroid dienone is 1. The van der Waals surface area contributed by atoms with E-state index in [0.717, 1.165) is 6.26 Å². The average Bonchev–Trinajstić information content (AvgIpc) is 2.51. The van der Waals surface area contributed by atoms with Crippen LogP contribution in [0.4, 0.5) is 5.69 Å². The van der Waals surface area contributed by atoms with Gasteiger partial charge in [0.15, 0.2) is 5.11 Å². The van der Waals surface area contributed by atoms with Crippen molar-refractivity contribution >= 4 is 39.0 Å². The maximum atomic E-state index is 12.5. The highest BCUT2D eigenvalue weighted by Crippen LogP contribution is 2.31. The van der Waals surface area contributed by atoms with Crippen LogP contribution in [0.25, 0.3) is 0 Å². The number of benzene rings is 1. The average molecular weight is 383 g/mol. The summed E-state index contributed by atoms with van der Waals surface area (Å²) in [4.78, 5) is 14.2. The Balaban J connectivity index is 2.49. The lowest BCUT2D eigenvalue weighted by atomic mass is 9.95. The Morgan fingerprint density at radius 3 is 2.72 bits per heavy atom. The van der Waals surface area contributed by atoms with E-state index < -0.39 is 22.0 Å². The van der Waals surface area contributed by atoms with Crippen molar-refractivity contribution in [3.8, 4) is 0 Å². The Morgan fingerprint density at radius 2 is 2.12 bits per heavy atom. The first-order valence-corrected chi connectivity index (χ1v) is 9.94. The predicted octanol–water partition coefficient (Wildman–Crippen LogP) is 1.76. The second-order valence-corrected chi connectivity index (χ2v) is 7.80. The number of ether oxygens (including phenoxy) is 1. The minimum absolute atomic E-state index is 0.256. The second kappa shape index (κ2) is 7.40. The van der Waals surface area contributed by atoms with Gasteiger partial charge in [0.25, 0.3) is 0 Å². The van der Waals surface area contributed by atoms with Crippen LogP contribution in [0.15, 0.2) is 35.5 Å². The third kappa shape index (κ3) is 4.49. The SMILES string of the molecule is CCOC(=O)C1=C(C)N(C)C(=S)NC1c1cccc(NS(C)(=O)=O)c1. The lowest BCUT2D eigenvalue weighted by molar-refractivity contribution is -0.139. The molecule has 2 rings (SSSR count). The van der Waals surface area contributed by atoms with Crippen LogP contribution in [0, 0.1) is 0 Å². The number of esters is 1. The van der Waals surface area contributed by atoms with Crippen LogP contribution in [0.5, 0.6) is 0 Å². The van der Waals surface area contributed by atoms with Crippen molar-refractivity contribution < 1.29 is 17.9 Å². The number of rotatable bonds is 5. The third-order valence-corrected chi connectivity index (χ3v) is 4.77. The van der Waals surface area contributed by atoms with Crippen LogP contribution >= 0.6 is 12.2 Å². The summed E-state index contributed by atoms with van der Waals surface area (Å²) in [6.07, 6.45) is 1.08. The van der Waals surface area contributed by atoms with E-state index in [1.54, 1.807) is 50.1 Å². The number of thiocarbonyl (C=S) groups is 1. The highest BCUT2D eigenvalue weighted by Gasteiger charge is 2.33. The largest absolute Gasteiger partial charge is 0.463 e. The molecule has 2 N–H and O–H groups in total. The quantitative estimate of drug-likeness (QED) is 0.592. The molecule has 0 fully saturated rings. The number of sulfonamides is 1. The van der Waals surface area contributed by atoms with Gasteiger partial charge in [0.1, 0.15) is 0 Å². The summed E-state index contributed by atoms with van der Waals surface area (Å²) < 4.78 is 30.5. The summed E-state index contributed by atoms with van der Waals surface area (Å²) in [6, 6.07) is 6.29.